The van der Waals surface area contributed by atoms with E-state index in [0.29, 0.717) is 27.8 Å². The van der Waals surface area contributed by atoms with E-state index < -0.39 is 10.5 Å². The number of rotatable bonds is 2. The maximum Gasteiger partial charge on any atom is 0.269 e. The van der Waals surface area contributed by atoms with E-state index in [0.717, 1.165) is 0 Å². The molecule has 3 heterocycles. The number of fused-ring (bicyclic) bond motifs is 3. The van der Waals surface area contributed by atoms with Gasteiger partial charge in [0.25, 0.3) is 11.2 Å². The topological polar surface area (TPSA) is 99.6 Å². The molecule has 1 aromatic heterocycles. The number of hydrogen-bond donors (Lipinski definition) is 1. The van der Waals surface area contributed by atoms with Gasteiger partial charge in [-0.3, -0.25) is 19.7 Å². The Hall–Kier alpha value is -4.20. The van der Waals surface area contributed by atoms with E-state index >= 15 is 0 Å². The fraction of sp³-hybridized carbons (Fsp3) is 0.0909. The smallest absolute Gasteiger partial charge is 0.269 e. The number of aromatic amines is 1. The van der Waals surface area contributed by atoms with Gasteiger partial charge in [-0.2, -0.15) is 0 Å². The second-order valence-electron chi connectivity index (χ2n) is 7.28. The fourth-order valence-corrected chi connectivity index (χ4v) is 4.08. The summed E-state index contributed by atoms with van der Waals surface area (Å²) >= 11 is 0. The third-order valence-corrected chi connectivity index (χ3v) is 5.54. The Bertz CT molecular complexity index is 1320. The Kier molecular flexibility index (Phi) is 3.66. The number of nitrogens with zero attached hydrogens (tertiary/aromatic N) is 3. The number of hydrogen-bond acceptors (Lipinski definition) is 6. The predicted molar refractivity (Wildman–Crippen MR) is 113 cm³/mol. The zero-order chi connectivity index (χ0) is 21.0. The SMILES string of the molecule is CN1C=CC2(C=C1)C(=O)c1c([nH]c(=O)c3ccccc13)N2c1ccc([N+](=O)[O-])cc1. The van der Waals surface area contributed by atoms with Crippen LogP contribution in [-0.4, -0.2) is 33.2 Å². The number of nitro groups is 1. The Labute approximate surface area is 170 Å². The molecule has 0 unspecified atom stereocenters. The monoisotopic (exact) mass is 400 g/mol. The molecule has 2 aromatic carbocycles. The molecule has 0 radical (unpaired) electrons. The molecular formula is C22H16N4O4. The first kappa shape index (κ1) is 17.9. The number of non-ortho nitro benzene ring substituents is 1. The fourth-order valence-electron chi connectivity index (χ4n) is 4.08. The molecule has 148 valence electrons. The van der Waals surface area contributed by atoms with Crippen molar-refractivity contribution in [1.82, 2.24) is 9.88 Å². The van der Waals surface area contributed by atoms with Crippen LogP contribution in [0, 0.1) is 10.1 Å². The van der Waals surface area contributed by atoms with Crippen molar-refractivity contribution in [2.45, 2.75) is 5.54 Å². The maximum atomic E-state index is 13.8. The van der Waals surface area contributed by atoms with Crippen LogP contribution in [0.3, 0.4) is 0 Å². The van der Waals surface area contributed by atoms with Gasteiger partial charge in [-0.25, -0.2) is 0 Å². The summed E-state index contributed by atoms with van der Waals surface area (Å²) in [5.74, 6) is 0.195. The van der Waals surface area contributed by atoms with Crippen molar-refractivity contribution in [1.29, 1.82) is 0 Å². The summed E-state index contributed by atoms with van der Waals surface area (Å²) in [5.41, 5.74) is -0.570. The van der Waals surface area contributed by atoms with Gasteiger partial charge in [0.15, 0.2) is 0 Å². The molecule has 5 rings (SSSR count). The van der Waals surface area contributed by atoms with Gasteiger partial charge >= 0.3 is 0 Å². The van der Waals surface area contributed by atoms with Crippen LogP contribution in [0.4, 0.5) is 17.2 Å². The molecule has 1 spiro atoms. The van der Waals surface area contributed by atoms with Crippen LogP contribution >= 0.6 is 0 Å². The lowest BCUT2D eigenvalue weighted by molar-refractivity contribution is -0.384. The highest BCUT2D eigenvalue weighted by molar-refractivity contribution is 6.24. The quantitative estimate of drug-likeness (QED) is 0.522. The first-order chi connectivity index (χ1) is 14.4. The zero-order valence-corrected chi connectivity index (χ0v) is 15.9. The van der Waals surface area contributed by atoms with Gasteiger partial charge in [-0.05, 0) is 30.4 Å². The van der Waals surface area contributed by atoms with Crippen molar-refractivity contribution in [3.63, 3.8) is 0 Å². The standard InChI is InChI=1S/C22H16N4O4/c1-24-12-10-22(11-13-24)19(27)18-16-4-2-3-5-17(16)21(28)23-20(18)25(22)14-6-8-15(9-7-14)26(29)30/h2-13H,1H3,(H,23,28). The summed E-state index contributed by atoms with van der Waals surface area (Å²) in [5, 5.41) is 12.1. The zero-order valence-electron chi connectivity index (χ0n) is 15.9. The number of nitro benzene ring substituents is 1. The van der Waals surface area contributed by atoms with E-state index in [-0.39, 0.29) is 17.0 Å². The number of benzene rings is 2. The molecule has 2 aliphatic rings. The minimum atomic E-state index is -1.18. The van der Waals surface area contributed by atoms with Gasteiger partial charge in [0.05, 0.1) is 10.5 Å². The highest BCUT2D eigenvalue weighted by Gasteiger charge is 2.51. The van der Waals surface area contributed by atoms with Gasteiger partial charge in [-0.15, -0.1) is 0 Å². The second-order valence-corrected chi connectivity index (χ2v) is 7.28. The first-order valence-electron chi connectivity index (χ1n) is 9.27. The average Bonchev–Trinajstić information content (AvgIpc) is 2.98. The molecule has 2 aliphatic heterocycles. The van der Waals surface area contributed by atoms with E-state index in [2.05, 4.69) is 4.98 Å². The van der Waals surface area contributed by atoms with Gasteiger partial charge in [0.2, 0.25) is 5.78 Å². The van der Waals surface area contributed by atoms with Crippen molar-refractivity contribution in [3.05, 3.63) is 99.1 Å². The first-order valence-corrected chi connectivity index (χ1v) is 9.27. The molecule has 1 N–H and O–H groups in total. The highest BCUT2D eigenvalue weighted by atomic mass is 16.6. The maximum absolute atomic E-state index is 13.8. The molecule has 8 heteroatoms. The van der Waals surface area contributed by atoms with Crippen molar-refractivity contribution in [3.8, 4) is 0 Å². The number of carbonyl (C=O) groups excluding carboxylic acids is 1. The van der Waals surface area contributed by atoms with Crippen LogP contribution in [-0.2, 0) is 0 Å². The number of nitrogens with one attached hydrogen (secondary N) is 1. The number of anilines is 2. The minimum Gasteiger partial charge on any atom is -0.358 e. The highest BCUT2D eigenvalue weighted by Crippen LogP contribution is 2.47. The Morgan fingerprint density at radius 2 is 1.60 bits per heavy atom. The van der Waals surface area contributed by atoms with Gasteiger partial charge in [0, 0.05) is 48.0 Å². The molecule has 0 saturated heterocycles. The summed E-state index contributed by atoms with van der Waals surface area (Å²) in [4.78, 5) is 43.5. The van der Waals surface area contributed by atoms with Crippen LogP contribution in [0.2, 0.25) is 0 Å². The number of pyridine rings is 1. The molecule has 0 aliphatic carbocycles. The van der Waals surface area contributed by atoms with Crippen LogP contribution < -0.4 is 10.5 Å². The summed E-state index contributed by atoms with van der Waals surface area (Å²) in [6.07, 6.45) is 7.10. The van der Waals surface area contributed by atoms with E-state index in [1.807, 2.05) is 11.9 Å². The van der Waals surface area contributed by atoms with E-state index in [1.54, 1.807) is 65.9 Å². The average molecular weight is 400 g/mol. The lowest BCUT2D eigenvalue weighted by atomic mass is 9.89. The van der Waals surface area contributed by atoms with Crippen molar-refractivity contribution in [2.75, 3.05) is 11.9 Å². The summed E-state index contributed by atoms with van der Waals surface area (Å²) in [6.45, 7) is 0. The van der Waals surface area contributed by atoms with Crippen LogP contribution in [0.5, 0.6) is 0 Å². The van der Waals surface area contributed by atoms with Crippen LogP contribution in [0.25, 0.3) is 10.8 Å². The Balaban J connectivity index is 1.82. The molecular weight excluding hydrogens is 384 g/mol. The molecule has 8 nitrogen and oxygen atoms in total. The lowest BCUT2D eigenvalue weighted by Crippen LogP contribution is -2.46. The van der Waals surface area contributed by atoms with Crippen molar-refractivity contribution < 1.29 is 9.72 Å². The molecule has 3 aromatic rings. The molecule has 0 bridgehead atoms. The number of H-pyrrole nitrogens is 1. The molecule has 30 heavy (non-hydrogen) atoms. The third-order valence-electron chi connectivity index (χ3n) is 5.54. The van der Waals surface area contributed by atoms with E-state index in [1.165, 1.54) is 12.1 Å². The number of aromatic nitrogens is 1. The molecule has 0 atom stereocenters. The number of Topliss-reactive ketones (excluding diaryl/α,β-unsaturated/α-hetero) is 1. The van der Waals surface area contributed by atoms with Crippen LogP contribution in [0.15, 0.2) is 77.9 Å². The van der Waals surface area contributed by atoms with E-state index in [9.17, 15) is 19.7 Å². The summed E-state index contributed by atoms with van der Waals surface area (Å²) in [6, 6.07) is 12.9. The molecule has 0 saturated carbocycles. The number of carbonyl (C=O) groups is 1. The third kappa shape index (κ3) is 2.33. The van der Waals surface area contributed by atoms with Gasteiger partial charge in [0.1, 0.15) is 11.4 Å². The Morgan fingerprint density at radius 1 is 0.967 bits per heavy atom. The van der Waals surface area contributed by atoms with Gasteiger partial charge < -0.3 is 14.8 Å². The van der Waals surface area contributed by atoms with Crippen molar-refractivity contribution >= 4 is 33.7 Å². The normalized spacial score (nSPS) is 16.5. The van der Waals surface area contributed by atoms with Gasteiger partial charge in [-0.1, -0.05) is 18.2 Å². The van der Waals surface area contributed by atoms with E-state index in [4.69, 9.17) is 0 Å². The lowest BCUT2D eigenvalue weighted by Gasteiger charge is -2.36. The summed E-state index contributed by atoms with van der Waals surface area (Å²) < 4.78 is 0. The molecule has 0 fully saturated rings. The molecule has 0 amide bonds. The Morgan fingerprint density at radius 3 is 2.23 bits per heavy atom. The van der Waals surface area contributed by atoms with Crippen LogP contribution in [0.1, 0.15) is 10.4 Å². The predicted octanol–water partition coefficient (Wildman–Crippen LogP) is 3.48. The largest absolute Gasteiger partial charge is 0.358 e. The summed E-state index contributed by atoms with van der Waals surface area (Å²) in [7, 11) is 1.85. The second kappa shape index (κ2) is 6.15. The minimum absolute atomic E-state index is 0.0555. The number of ketones is 1. The van der Waals surface area contributed by atoms with Crippen molar-refractivity contribution in [2.24, 2.45) is 0 Å².